The molecule has 106 valence electrons. The molecule has 1 amide bonds. The zero-order valence-electron chi connectivity index (χ0n) is 12.2. The summed E-state index contributed by atoms with van der Waals surface area (Å²) in [7, 11) is 1.70. The van der Waals surface area contributed by atoms with Gasteiger partial charge in [0.2, 0.25) is 0 Å². The van der Waals surface area contributed by atoms with Gasteiger partial charge < -0.3 is 15.4 Å². The van der Waals surface area contributed by atoms with E-state index < -0.39 is 0 Å². The van der Waals surface area contributed by atoms with Gasteiger partial charge >= 0.3 is 0 Å². The summed E-state index contributed by atoms with van der Waals surface area (Å²) < 4.78 is 5.09. The summed E-state index contributed by atoms with van der Waals surface area (Å²) in [4.78, 5) is 11.9. The third kappa shape index (κ3) is 5.75. The molecule has 1 atom stereocenters. The van der Waals surface area contributed by atoms with Crippen LogP contribution in [0.5, 0.6) is 0 Å². The molecule has 0 aliphatic carbocycles. The minimum Gasteiger partial charge on any atom is -0.385 e. The molecule has 19 heavy (non-hydrogen) atoms. The summed E-state index contributed by atoms with van der Waals surface area (Å²) in [6.07, 6.45) is 0. The maximum Gasteiger partial charge on any atom is 0.251 e. The first-order valence-corrected chi connectivity index (χ1v) is 6.66. The number of rotatable bonds is 7. The van der Waals surface area contributed by atoms with Crippen molar-refractivity contribution in [2.45, 2.75) is 26.8 Å². The van der Waals surface area contributed by atoms with Gasteiger partial charge in [0.15, 0.2) is 0 Å². The number of hydrogen-bond donors (Lipinski definition) is 2. The predicted molar refractivity (Wildman–Crippen MR) is 78.6 cm³/mol. The van der Waals surface area contributed by atoms with Crippen LogP contribution >= 0.6 is 0 Å². The quantitative estimate of drug-likeness (QED) is 0.795. The average Bonchev–Trinajstić information content (AvgIpc) is 2.36. The topological polar surface area (TPSA) is 50.4 Å². The summed E-state index contributed by atoms with van der Waals surface area (Å²) >= 11 is 0. The van der Waals surface area contributed by atoms with Crippen LogP contribution < -0.4 is 10.6 Å². The van der Waals surface area contributed by atoms with E-state index in [1.165, 1.54) is 0 Å². The second-order valence-corrected chi connectivity index (χ2v) is 5.15. The van der Waals surface area contributed by atoms with Crippen molar-refractivity contribution in [1.82, 2.24) is 5.32 Å². The smallest absolute Gasteiger partial charge is 0.251 e. The van der Waals surface area contributed by atoms with Gasteiger partial charge in [-0.1, -0.05) is 13.0 Å². The summed E-state index contributed by atoms with van der Waals surface area (Å²) in [5.74, 6) is 0.390. The first-order valence-electron chi connectivity index (χ1n) is 6.66. The van der Waals surface area contributed by atoms with Crippen molar-refractivity contribution in [2.75, 3.05) is 25.6 Å². The summed E-state index contributed by atoms with van der Waals surface area (Å²) in [6, 6.07) is 7.69. The van der Waals surface area contributed by atoms with Gasteiger partial charge in [0.25, 0.3) is 5.91 Å². The highest BCUT2D eigenvalue weighted by Gasteiger charge is 2.07. The van der Waals surface area contributed by atoms with Crippen molar-refractivity contribution in [1.29, 1.82) is 0 Å². The Morgan fingerprint density at radius 2 is 2.05 bits per heavy atom. The van der Waals surface area contributed by atoms with Crippen LogP contribution in [0.3, 0.4) is 0 Å². The number of anilines is 1. The molecule has 0 saturated heterocycles. The average molecular weight is 264 g/mol. The Morgan fingerprint density at radius 1 is 1.32 bits per heavy atom. The number of ether oxygens (including phenoxy) is 1. The maximum absolute atomic E-state index is 11.9. The van der Waals surface area contributed by atoms with E-state index in [1.54, 1.807) is 7.11 Å². The van der Waals surface area contributed by atoms with Gasteiger partial charge in [0.05, 0.1) is 6.61 Å². The molecule has 0 aliphatic heterocycles. The van der Waals surface area contributed by atoms with Crippen LogP contribution in [-0.4, -0.2) is 32.2 Å². The van der Waals surface area contributed by atoms with Crippen LogP contribution in [0.1, 0.15) is 31.1 Å². The zero-order chi connectivity index (χ0) is 14.3. The lowest BCUT2D eigenvalue weighted by Crippen LogP contribution is -2.30. The van der Waals surface area contributed by atoms with E-state index in [4.69, 9.17) is 4.74 Å². The second-order valence-electron chi connectivity index (χ2n) is 5.15. The standard InChI is InChI=1S/C15H24N2O2/c1-11(2)17-15(18)13-6-5-7-14(8-13)16-9-12(3)10-19-4/h5-8,11-12,16H,9-10H2,1-4H3,(H,17,18). The molecular formula is C15H24N2O2. The van der Waals surface area contributed by atoms with Gasteiger partial charge in [-0.15, -0.1) is 0 Å². The largest absolute Gasteiger partial charge is 0.385 e. The zero-order valence-corrected chi connectivity index (χ0v) is 12.2. The van der Waals surface area contributed by atoms with Gasteiger partial charge in [-0.2, -0.15) is 0 Å². The highest BCUT2D eigenvalue weighted by molar-refractivity contribution is 5.95. The van der Waals surface area contributed by atoms with Crippen molar-refractivity contribution in [3.63, 3.8) is 0 Å². The SMILES string of the molecule is COCC(C)CNc1cccc(C(=O)NC(C)C)c1. The summed E-state index contributed by atoms with van der Waals surface area (Å²) in [5, 5.41) is 6.20. The van der Waals surface area contributed by atoms with Crippen LogP contribution in [0.15, 0.2) is 24.3 Å². The molecule has 4 heteroatoms. The van der Waals surface area contributed by atoms with Gasteiger partial charge in [0.1, 0.15) is 0 Å². The number of carbonyl (C=O) groups excluding carboxylic acids is 1. The first kappa shape index (κ1) is 15.5. The molecule has 4 nitrogen and oxygen atoms in total. The highest BCUT2D eigenvalue weighted by Crippen LogP contribution is 2.11. The Bertz CT molecular complexity index is 405. The monoisotopic (exact) mass is 264 g/mol. The lowest BCUT2D eigenvalue weighted by molar-refractivity contribution is 0.0943. The van der Waals surface area contributed by atoms with Crippen LogP contribution in [0.2, 0.25) is 0 Å². The van der Waals surface area contributed by atoms with Crippen molar-refractivity contribution in [3.05, 3.63) is 29.8 Å². The van der Waals surface area contributed by atoms with Crippen molar-refractivity contribution < 1.29 is 9.53 Å². The Balaban J connectivity index is 2.59. The first-order chi connectivity index (χ1) is 9.02. The Labute approximate surface area is 115 Å². The molecule has 1 rings (SSSR count). The molecule has 1 aromatic carbocycles. The van der Waals surface area contributed by atoms with E-state index in [9.17, 15) is 4.79 Å². The second kappa shape index (κ2) is 7.79. The van der Waals surface area contributed by atoms with Gasteiger partial charge in [-0.05, 0) is 38.0 Å². The molecule has 0 spiro atoms. The third-order valence-electron chi connectivity index (χ3n) is 2.65. The number of amides is 1. The van der Waals surface area contributed by atoms with E-state index in [2.05, 4.69) is 17.6 Å². The minimum absolute atomic E-state index is 0.0383. The third-order valence-corrected chi connectivity index (χ3v) is 2.65. The van der Waals surface area contributed by atoms with E-state index in [0.717, 1.165) is 18.8 Å². The number of benzene rings is 1. The number of hydrogen-bond acceptors (Lipinski definition) is 3. The van der Waals surface area contributed by atoms with Crippen LogP contribution in [0, 0.1) is 5.92 Å². The molecule has 0 fully saturated rings. The molecule has 0 bridgehead atoms. The lowest BCUT2D eigenvalue weighted by Gasteiger charge is -2.14. The Kier molecular flexibility index (Phi) is 6.36. The van der Waals surface area contributed by atoms with Gasteiger partial charge in [0, 0.05) is 30.9 Å². The Morgan fingerprint density at radius 3 is 2.68 bits per heavy atom. The normalized spacial score (nSPS) is 12.3. The van der Waals surface area contributed by atoms with E-state index in [0.29, 0.717) is 11.5 Å². The van der Waals surface area contributed by atoms with Gasteiger partial charge in [-0.3, -0.25) is 4.79 Å². The number of carbonyl (C=O) groups is 1. The van der Waals surface area contributed by atoms with Crippen LogP contribution in [-0.2, 0) is 4.74 Å². The number of nitrogens with one attached hydrogen (secondary N) is 2. The minimum atomic E-state index is -0.0383. The van der Waals surface area contributed by atoms with E-state index in [-0.39, 0.29) is 11.9 Å². The molecule has 0 radical (unpaired) electrons. The van der Waals surface area contributed by atoms with Crippen molar-refractivity contribution in [3.8, 4) is 0 Å². The molecule has 0 aliphatic rings. The predicted octanol–water partition coefficient (Wildman–Crippen LogP) is 2.52. The number of methoxy groups -OCH3 is 1. The molecule has 0 saturated carbocycles. The summed E-state index contributed by atoms with van der Waals surface area (Å²) in [5.41, 5.74) is 1.64. The summed E-state index contributed by atoms with van der Waals surface area (Å²) in [6.45, 7) is 7.56. The molecular weight excluding hydrogens is 240 g/mol. The van der Waals surface area contributed by atoms with Crippen LogP contribution in [0.25, 0.3) is 0 Å². The Hall–Kier alpha value is -1.55. The van der Waals surface area contributed by atoms with Gasteiger partial charge in [-0.25, -0.2) is 0 Å². The fourth-order valence-corrected chi connectivity index (χ4v) is 1.75. The van der Waals surface area contributed by atoms with Crippen LogP contribution in [0.4, 0.5) is 5.69 Å². The molecule has 0 heterocycles. The molecule has 2 N–H and O–H groups in total. The molecule has 1 aromatic rings. The fourth-order valence-electron chi connectivity index (χ4n) is 1.75. The lowest BCUT2D eigenvalue weighted by atomic mass is 10.1. The van der Waals surface area contributed by atoms with E-state index in [1.807, 2.05) is 38.1 Å². The van der Waals surface area contributed by atoms with Crippen molar-refractivity contribution in [2.24, 2.45) is 5.92 Å². The highest BCUT2D eigenvalue weighted by atomic mass is 16.5. The van der Waals surface area contributed by atoms with Crippen molar-refractivity contribution >= 4 is 11.6 Å². The maximum atomic E-state index is 11.9. The molecule has 0 aromatic heterocycles. The van der Waals surface area contributed by atoms with E-state index >= 15 is 0 Å². The molecule has 1 unspecified atom stereocenters. The fraction of sp³-hybridized carbons (Fsp3) is 0.533.